The van der Waals surface area contributed by atoms with Gasteiger partial charge in [-0.05, 0) is 38.7 Å². The number of fused-ring (bicyclic) bond motifs is 3. The molecule has 4 nitrogen and oxygen atoms in total. The molecule has 19 heavy (non-hydrogen) atoms. The number of hydrogen-bond acceptors (Lipinski definition) is 4. The SMILES string of the molecule is C=C1C(=O)O[C@H]2[C@H]1C[C@H](O)C(C)=CCC[C@@]1(C)O[C@@H]21. The molecular weight excluding hydrogens is 244 g/mol. The van der Waals surface area contributed by atoms with E-state index >= 15 is 0 Å². The molecule has 2 heterocycles. The van der Waals surface area contributed by atoms with Gasteiger partial charge in [-0.25, -0.2) is 4.79 Å². The fourth-order valence-corrected chi connectivity index (χ4v) is 3.20. The minimum Gasteiger partial charge on any atom is -0.455 e. The van der Waals surface area contributed by atoms with E-state index in [0.717, 1.165) is 18.4 Å². The number of carbonyl (C=O) groups excluding carboxylic acids is 1. The molecule has 0 aromatic heterocycles. The number of aliphatic hydroxyl groups is 1. The summed E-state index contributed by atoms with van der Waals surface area (Å²) in [5, 5.41) is 10.2. The van der Waals surface area contributed by atoms with Crippen LogP contribution in [0.3, 0.4) is 0 Å². The average molecular weight is 264 g/mol. The Morgan fingerprint density at radius 3 is 3.00 bits per heavy atom. The number of ether oxygens (including phenoxy) is 2. The minimum atomic E-state index is -0.540. The van der Waals surface area contributed by atoms with Gasteiger partial charge in [-0.3, -0.25) is 0 Å². The molecule has 0 aromatic rings. The lowest BCUT2D eigenvalue weighted by Gasteiger charge is -2.22. The lowest BCUT2D eigenvalue weighted by atomic mass is 9.83. The summed E-state index contributed by atoms with van der Waals surface area (Å²) in [6.45, 7) is 7.81. The zero-order valence-electron chi connectivity index (χ0n) is 11.4. The van der Waals surface area contributed by atoms with Crippen molar-refractivity contribution < 1.29 is 19.4 Å². The van der Waals surface area contributed by atoms with Crippen LogP contribution in [-0.2, 0) is 14.3 Å². The summed E-state index contributed by atoms with van der Waals surface area (Å²) in [6, 6.07) is 0. The Hall–Kier alpha value is -1.13. The van der Waals surface area contributed by atoms with Crippen LogP contribution < -0.4 is 0 Å². The first-order valence-corrected chi connectivity index (χ1v) is 6.85. The Kier molecular flexibility index (Phi) is 2.84. The molecule has 0 amide bonds. The third-order valence-electron chi connectivity index (χ3n) is 4.70. The highest BCUT2D eigenvalue weighted by Gasteiger charge is 2.61. The summed E-state index contributed by atoms with van der Waals surface area (Å²) < 4.78 is 11.2. The molecule has 0 bridgehead atoms. The molecule has 2 fully saturated rings. The number of carbonyl (C=O) groups is 1. The molecular formula is C15H20O4. The highest BCUT2D eigenvalue weighted by atomic mass is 16.6. The maximum atomic E-state index is 11.7. The Labute approximate surface area is 113 Å². The van der Waals surface area contributed by atoms with Crippen molar-refractivity contribution in [3.63, 3.8) is 0 Å². The molecule has 1 N–H and O–H groups in total. The Morgan fingerprint density at radius 2 is 2.26 bits per heavy atom. The summed E-state index contributed by atoms with van der Waals surface area (Å²) in [7, 11) is 0. The average Bonchev–Trinajstić information content (AvgIpc) is 2.95. The van der Waals surface area contributed by atoms with E-state index in [9.17, 15) is 9.90 Å². The molecule has 2 saturated heterocycles. The lowest BCUT2D eigenvalue weighted by molar-refractivity contribution is -0.140. The minimum absolute atomic E-state index is 0.0558. The van der Waals surface area contributed by atoms with Gasteiger partial charge in [-0.15, -0.1) is 0 Å². The largest absolute Gasteiger partial charge is 0.455 e. The van der Waals surface area contributed by atoms with Crippen LogP contribution in [0.15, 0.2) is 23.8 Å². The van der Waals surface area contributed by atoms with Crippen molar-refractivity contribution in [1.82, 2.24) is 0 Å². The van der Waals surface area contributed by atoms with E-state index < -0.39 is 6.10 Å². The molecule has 3 aliphatic rings. The van der Waals surface area contributed by atoms with Crippen LogP contribution in [0.2, 0.25) is 0 Å². The van der Waals surface area contributed by atoms with Gasteiger partial charge in [0.2, 0.25) is 0 Å². The van der Waals surface area contributed by atoms with E-state index in [2.05, 4.69) is 19.6 Å². The van der Waals surface area contributed by atoms with E-state index in [4.69, 9.17) is 9.47 Å². The molecule has 0 saturated carbocycles. The van der Waals surface area contributed by atoms with Gasteiger partial charge >= 0.3 is 5.97 Å². The highest BCUT2D eigenvalue weighted by molar-refractivity contribution is 5.91. The van der Waals surface area contributed by atoms with Crippen LogP contribution in [0.4, 0.5) is 0 Å². The van der Waals surface area contributed by atoms with Crippen LogP contribution >= 0.6 is 0 Å². The maximum absolute atomic E-state index is 11.7. The van der Waals surface area contributed by atoms with Crippen molar-refractivity contribution in [3.8, 4) is 0 Å². The van der Waals surface area contributed by atoms with Gasteiger partial charge in [0.25, 0.3) is 0 Å². The number of epoxide rings is 1. The van der Waals surface area contributed by atoms with Crippen molar-refractivity contribution in [3.05, 3.63) is 23.8 Å². The summed E-state index contributed by atoms with van der Waals surface area (Å²) >= 11 is 0. The van der Waals surface area contributed by atoms with Crippen molar-refractivity contribution >= 4 is 5.97 Å². The first-order valence-electron chi connectivity index (χ1n) is 6.85. The number of allylic oxidation sites excluding steroid dienone is 1. The fraction of sp³-hybridized carbons (Fsp3) is 0.667. The molecule has 1 aliphatic carbocycles. The topological polar surface area (TPSA) is 59.1 Å². The van der Waals surface area contributed by atoms with E-state index in [1.54, 1.807) is 0 Å². The van der Waals surface area contributed by atoms with E-state index in [-0.39, 0.29) is 29.7 Å². The van der Waals surface area contributed by atoms with Gasteiger partial charge in [-0.1, -0.05) is 12.7 Å². The third-order valence-corrected chi connectivity index (χ3v) is 4.70. The van der Waals surface area contributed by atoms with Gasteiger partial charge in [0.05, 0.1) is 11.7 Å². The van der Waals surface area contributed by atoms with Crippen molar-refractivity contribution in [2.45, 2.75) is 57.0 Å². The lowest BCUT2D eigenvalue weighted by Crippen LogP contribution is -2.31. The number of aliphatic hydroxyl groups excluding tert-OH is 1. The Bertz CT molecular complexity index is 467. The van der Waals surface area contributed by atoms with Gasteiger partial charge in [0.15, 0.2) is 0 Å². The van der Waals surface area contributed by atoms with E-state index in [1.165, 1.54) is 0 Å². The van der Waals surface area contributed by atoms with Crippen LogP contribution in [0.1, 0.15) is 33.1 Å². The second-order valence-corrected chi connectivity index (χ2v) is 6.09. The first-order chi connectivity index (χ1) is 8.92. The number of rotatable bonds is 0. The Morgan fingerprint density at radius 1 is 1.53 bits per heavy atom. The maximum Gasteiger partial charge on any atom is 0.334 e. The van der Waals surface area contributed by atoms with E-state index in [1.807, 2.05) is 6.92 Å². The van der Waals surface area contributed by atoms with Gasteiger partial charge in [-0.2, -0.15) is 0 Å². The molecule has 0 radical (unpaired) electrons. The second kappa shape index (κ2) is 4.18. The van der Waals surface area contributed by atoms with Crippen LogP contribution in [0.5, 0.6) is 0 Å². The summed E-state index contributed by atoms with van der Waals surface area (Å²) in [4.78, 5) is 11.7. The summed E-state index contributed by atoms with van der Waals surface area (Å²) in [5.41, 5.74) is 1.22. The van der Waals surface area contributed by atoms with Crippen LogP contribution in [-0.4, -0.2) is 35.0 Å². The molecule has 0 spiro atoms. The molecule has 104 valence electrons. The van der Waals surface area contributed by atoms with Gasteiger partial charge < -0.3 is 14.6 Å². The predicted molar refractivity (Wildman–Crippen MR) is 69.4 cm³/mol. The van der Waals surface area contributed by atoms with Crippen LogP contribution in [0, 0.1) is 5.92 Å². The molecule has 0 aromatic carbocycles. The van der Waals surface area contributed by atoms with Crippen LogP contribution in [0.25, 0.3) is 0 Å². The first kappa shape index (κ1) is 12.9. The highest BCUT2D eigenvalue weighted by Crippen LogP contribution is 2.49. The summed E-state index contributed by atoms with van der Waals surface area (Å²) in [6.07, 6.45) is 3.42. The zero-order chi connectivity index (χ0) is 13.8. The zero-order valence-corrected chi connectivity index (χ0v) is 11.4. The fourth-order valence-electron chi connectivity index (χ4n) is 3.20. The molecule has 2 aliphatic heterocycles. The normalized spacial score (nSPS) is 45.9. The van der Waals surface area contributed by atoms with Crippen molar-refractivity contribution in [2.24, 2.45) is 5.92 Å². The molecule has 4 heteroatoms. The second-order valence-electron chi connectivity index (χ2n) is 6.09. The third kappa shape index (κ3) is 2.03. The van der Waals surface area contributed by atoms with Gasteiger partial charge in [0.1, 0.15) is 12.2 Å². The smallest absolute Gasteiger partial charge is 0.334 e. The molecule has 0 unspecified atom stereocenters. The summed E-state index contributed by atoms with van der Waals surface area (Å²) in [5.74, 6) is -0.489. The van der Waals surface area contributed by atoms with Crippen molar-refractivity contribution in [2.75, 3.05) is 0 Å². The quantitative estimate of drug-likeness (QED) is 0.313. The number of hydrogen-bond donors (Lipinski definition) is 1. The molecule has 3 rings (SSSR count). The predicted octanol–water partition coefficient (Wildman–Crippen LogP) is 1.73. The Balaban J connectivity index is 1.91. The monoisotopic (exact) mass is 264 g/mol. The number of esters is 1. The van der Waals surface area contributed by atoms with Gasteiger partial charge in [0, 0.05) is 11.5 Å². The van der Waals surface area contributed by atoms with Crippen molar-refractivity contribution in [1.29, 1.82) is 0 Å². The molecule has 5 atom stereocenters. The van der Waals surface area contributed by atoms with E-state index in [0.29, 0.717) is 12.0 Å². The standard InChI is InChI=1S/C15H20O4/c1-8-5-4-6-15(3)13(19-15)12-10(7-11(8)16)9(2)14(17)18-12/h5,10-13,16H,2,4,6-7H2,1,3H3/t10-,11-,12-,13-,15+/m0/s1.